The maximum Gasteiger partial charge on any atom is 0.164 e. The first kappa shape index (κ1) is 20.2. The minimum Gasteiger partial charge on any atom is -0.308 e. The molecule has 5 heteroatoms. The summed E-state index contributed by atoms with van der Waals surface area (Å²) in [5.74, 6) is 2.23. The predicted octanol–water partition coefficient (Wildman–Crippen LogP) is 5.49. The van der Waals surface area contributed by atoms with Crippen LogP contribution in [0, 0.1) is 12.8 Å². The molecule has 30 heavy (non-hydrogen) atoms. The van der Waals surface area contributed by atoms with Gasteiger partial charge in [0.2, 0.25) is 0 Å². The Bertz CT molecular complexity index is 1060. The van der Waals surface area contributed by atoms with Gasteiger partial charge < -0.3 is 4.57 Å². The van der Waals surface area contributed by atoms with Crippen LogP contribution in [0.3, 0.4) is 0 Å². The third kappa shape index (κ3) is 4.25. The quantitative estimate of drug-likeness (QED) is 0.551. The van der Waals surface area contributed by atoms with Gasteiger partial charge in [0.05, 0.1) is 5.71 Å². The number of hydrogen-bond donors (Lipinski definition) is 0. The molecule has 0 spiro atoms. The molecule has 1 aromatic carbocycles. The minimum absolute atomic E-state index is 0.263. The van der Waals surface area contributed by atoms with Gasteiger partial charge in [0.25, 0.3) is 0 Å². The van der Waals surface area contributed by atoms with E-state index in [2.05, 4.69) is 75.7 Å². The first-order valence-corrected chi connectivity index (χ1v) is 10.7. The van der Waals surface area contributed by atoms with Crippen LogP contribution in [0.25, 0.3) is 5.57 Å². The van der Waals surface area contributed by atoms with E-state index in [9.17, 15) is 0 Å². The molecule has 0 N–H and O–H groups in total. The van der Waals surface area contributed by atoms with Gasteiger partial charge in [0.15, 0.2) is 5.82 Å². The Balaban J connectivity index is 1.51. The topological polar surface area (TPSA) is 55.4 Å². The van der Waals surface area contributed by atoms with Crippen LogP contribution < -0.4 is 0 Å². The van der Waals surface area contributed by atoms with E-state index in [0.717, 1.165) is 47.1 Å². The molecule has 0 saturated heterocycles. The van der Waals surface area contributed by atoms with Crippen molar-refractivity contribution in [1.29, 1.82) is 0 Å². The first-order chi connectivity index (χ1) is 14.6. The van der Waals surface area contributed by atoms with Crippen LogP contribution in [0.2, 0.25) is 0 Å². The highest BCUT2D eigenvalue weighted by Gasteiger charge is 2.31. The average molecular weight is 400 g/mol. The van der Waals surface area contributed by atoms with Gasteiger partial charge in [-0.3, -0.25) is 0 Å². The zero-order chi connectivity index (χ0) is 21.1. The van der Waals surface area contributed by atoms with Gasteiger partial charge in [-0.15, -0.1) is 10.2 Å². The number of allylic oxidation sites excluding steroid dienone is 5. The van der Waals surface area contributed by atoms with E-state index in [0.29, 0.717) is 6.04 Å². The zero-order valence-corrected chi connectivity index (χ0v) is 18.0. The number of nitrogens with zero attached hydrogens (tertiary/aromatic N) is 5. The van der Waals surface area contributed by atoms with Crippen LogP contribution in [0.1, 0.15) is 61.9 Å². The van der Waals surface area contributed by atoms with Gasteiger partial charge in [0, 0.05) is 36.1 Å². The molecule has 2 aliphatic rings. The third-order valence-electron chi connectivity index (χ3n) is 5.64. The number of aryl methyl sites for hydroxylation is 1. The Morgan fingerprint density at radius 2 is 2.10 bits per heavy atom. The van der Waals surface area contributed by atoms with E-state index in [-0.39, 0.29) is 5.92 Å². The monoisotopic (exact) mass is 399 g/mol. The first-order valence-electron chi connectivity index (χ1n) is 10.7. The second kappa shape index (κ2) is 8.74. The van der Waals surface area contributed by atoms with Crippen molar-refractivity contribution in [2.45, 2.75) is 52.5 Å². The van der Waals surface area contributed by atoms with E-state index in [1.807, 2.05) is 19.1 Å². The summed E-state index contributed by atoms with van der Waals surface area (Å²) >= 11 is 0. The summed E-state index contributed by atoms with van der Waals surface area (Å²) in [4.78, 5) is 0. The van der Waals surface area contributed by atoms with Crippen LogP contribution in [0.15, 0.2) is 65.4 Å². The van der Waals surface area contributed by atoms with Gasteiger partial charge in [0.1, 0.15) is 5.82 Å². The summed E-state index contributed by atoms with van der Waals surface area (Å²) < 4.78 is 2.32. The molecular weight excluding hydrogens is 370 g/mol. The van der Waals surface area contributed by atoms with Crippen molar-refractivity contribution in [1.82, 2.24) is 14.8 Å². The smallest absolute Gasteiger partial charge is 0.164 e. The standard InChI is InChI=1S/C25H29N5/c1-5-8-19(9-6-2)25-29-28-24(30(25)21-12-13-21)15-18(4)22-16-23(27-26-22)20-11-7-10-17(3)14-20/h5-11,14,18,21H,1,12-13,15-16H2,2-4H3/b9-6-,19-8+. The maximum absolute atomic E-state index is 4.57. The Kier molecular flexibility index (Phi) is 5.88. The lowest BCUT2D eigenvalue weighted by molar-refractivity contribution is 0.627. The highest BCUT2D eigenvalue weighted by molar-refractivity contribution is 6.15. The van der Waals surface area contributed by atoms with Crippen molar-refractivity contribution in [3.63, 3.8) is 0 Å². The lowest BCUT2D eigenvalue weighted by atomic mass is 9.95. The molecule has 154 valence electrons. The van der Waals surface area contributed by atoms with E-state index < -0.39 is 0 Å². The molecule has 1 unspecified atom stereocenters. The number of rotatable bonds is 8. The van der Waals surface area contributed by atoms with Gasteiger partial charge in [-0.1, -0.05) is 67.6 Å². The summed E-state index contributed by atoms with van der Waals surface area (Å²) in [6.07, 6.45) is 11.9. The molecular formula is C25H29N5. The van der Waals surface area contributed by atoms with Crippen LogP contribution in [-0.2, 0) is 6.42 Å². The van der Waals surface area contributed by atoms with E-state index in [1.54, 1.807) is 6.08 Å². The lowest BCUT2D eigenvalue weighted by Gasteiger charge is -2.14. The molecule has 0 bridgehead atoms. The molecule has 0 amide bonds. The van der Waals surface area contributed by atoms with Gasteiger partial charge in [-0.05, 0) is 32.3 Å². The second-order valence-corrected chi connectivity index (χ2v) is 8.19. The predicted molar refractivity (Wildman–Crippen MR) is 124 cm³/mol. The van der Waals surface area contributed by atoms with Crippen LogP contribution in [-0.4, -0.2) is 26.2 Å². The second-order valence-electron chi connectivity index (χ2n) is 8.19. The molecule has 1 aromatic heterocycles. The van der Waals surface area contributed by atoms with Crippen molar-refractivity contribution in [2.75, 3.05) is 0 Å². The molecule has 2 aromatic rings. The molecule has 1 atom stereocenters. The fraction of sp³-hybridized carbons (Fsp3) is 0.360. The van der Waals surface area contributed by atoms with Crippen LogP contribution in [0.5, 0.6) is 0 Å². The van der Waals surface area contributed by atoms with Gasteiger partial charge >= 0.3 is 0 Å². The zero-order valence-electron chi connectivity index (χ0n) is 18.0. The van der Waals surface area contributed by atoms with Crippen molar-refractivity contribution in [3.8, 4) is 0 Å². The Morgan fingerprint density at radius 3 is 2.80 bits per heavy atom. The fourth-order valence-electron chi connectivity index (χ4n) is 3.90. The molecule has 5 nitrogen and oxygen atoms in total. The molecule has 1 fully saturated rings. The Labute approximate surface area is 178 Å². The lowest BCUT2D eigenvalue weighted by Crippen LogP contribution is -2.18. The SMILES string of the molecule is C=C/C=C(\C=C/C)c1nnc(CC(C)C2=NN=C(c3cccc(C)c3)C2)n1C1CC1. The summed E-state index contributed by atoms with van der Waals surface area (Å²) in [7, 11) is 0. The Hall–Kier alpha value is -3.08. The molecule has 2 heterocycles. The van der Waals surface area contributed by atoms with Crippen molar-refractivity contribution < 1.29 is 0 Å². The summed E-state index contributed by atoms with van der Waals surface area (Å²) in [5.41, 5.74) is 5.62. The molecule has 1 aliphatic heterocycles. The molecule has 4 rings (SSSR count). The highest BCUT2D eigenvalue weighted by Crippen LogP contribution is 2.38. The molecule has 1 saturated carbocycles. The normalized spacial score (nSPS) is 17.9. The van der Waals surface area contributed by atoms with Crippen molar-refractivity contribution >= 4 is 17.0 Å². The summed E-state index contributed by atoms with van der Waals surface area (Å²) in [5, 5.41) is 18.1. The number of aromatic nitrogens is 3. The Morgan fingerprint density at radius 1 is 1.27 bits per heavy atom. The molecule has 0 radical (unpaired) electrons. The third-order valence-corrected chi connectivity index (χ3v) is 5.64. The van der Waals surface area contributed by atoms with E-state index >= 15 is 0 Å². The van der Waals surface area contributed by atoms with Crippen molar-refractivity contribution in [3.05, 3.63) is 77.9 Å². The summed E-state index contributed by atoms with van der Waals surface area (Å²) in [6.45, 7) is 10.2. The van der Waals surface area contributed by atoms with E-state index in [1.165, 1.54) is 18.4 Å². The van der Waals surface area contributed by atoms with Gasteiger partial charge in [-0.25, -0.2) is 0 Å². The highest BCUT2D eigenvalue weighted by atomic mass is 15.3. The largest absolute Gasteiger partial charge is 0.308 e. The summed E-state index contributed by atoms with van der Waals surface area (Å²) in [6, 6.07) is 8.97. The average Bonchev–Trinajstić information content (AvgIpc) is 3.29. The number of hydrogen-bond acceptors (Lipinski definition) is 4. The van der Waals surface area contributed by atoms with E-state index in [4.69, 9.17) is 0 Å². The van der Waals surface area contributed by atoms with Gasteiger partial charge in [-0.2, -0.15) is 10.2 Å². The maximum atomic E-state index is 4.57. The van der Waals surface area contributed by atoms with Crippen LogP contribution >= 0.6 is 0 Å². The molecule has 1 aliphatic carbocycles. The minimum atomic E-state index is 0.263. The van der Waals surface area contributed by atoms with Crippen LogP contribution in [0.4, 0.5) is 0 Å². The fourth-order valence-corrected chi connectivity index (χ4v) is 3.90. The van der Waals surface area contributed by atoms with Crippen molar-refractivity contribution in [2.24, 2.45) is 16.1 Å². The number of benzene rings is 1.